The quantitative estimate of drug-likeness (QED) is 0.839. The maximum atomic E-state index is 12.3. The van der Waals surface area contributed by atoms with E-state index in [9.17, 15) is 14.7 Å². The van der Waals surface area contributed by atoms with Crippen LogP contribution in [0.1, 0.15) is 52.9 Å². The molecule has 0 aromatic heterocycles. The highest BCUT2D eigenvalue weighted by Crippen LogP contribution is 2.48. The number of rotatable bonds is 5. The summed E-state index contributed by atoms with van der Waals surface area (Å²) in [5.74, 6) is 2.23. The van der Waals surface area contributed by atoms with Gasteiger partial charge >= 0.3 is 6.09 Å². The molecule has 3 aliphatic rings. The molecular formula is C18H29N3O3. The van der Waals surface area contributed by atoms with E-state index in [4.69, 9.17) is 0 Å². The molecule has 0 radical (unpaired) electrons. The molecule has 2 fully saturated rings. The van der Waals surface area contributed by atoms with Crippen molar-refractivity contribution >= 4 is 17.7 Å². The van der Waals surface area contributed by atoms with E-state index < -0.39 is 6.09 Å². The summed E-state index contributed by atoms with van der Waals surface area (Å²) in [5, 5.41) is 15.5. The number of carbonyl (C=O) groups is 2. The number of hydrogen-bond donors (Lipinski definition) is 1. The van der Waals surface area contributed by atoms with Crippen molar-refractivity contribution in [2.75, 3.05) is 19.6 Å². The predicted molar refractivity (Wildman–Crippen MR) is 91.8 cm³/mol. The van der Waals surface area contributed by atoms with Crippen molar-refractivity contribution in [3.63, 3.8) is 0 Å². The van der Waals surface area contributed by atoms with Gasteiger partial charge in [0.15, 0.2) is 0 Å². The van der Waals surface area contributed by atoms with Gasteiger partial charge in [0.1, 0.15) is 0 Å². The second-order valence-electron chi connectivity index (χ2n) is 8.95. The molecule has 0 aromatic carbocycles. The van der Waals surface area contributed by atoms with E-state index >= 15 is 0 Å². The summed E-state index contributed by atoms with van der Waals surface area (Å²) in [6, 6.07) is 0. The van der Waals surface area contributed by atoms with Gasteiger partial charge in [-0.2, -0.15) is 5.10 Å². The number of amides is 2. The highest BCUT2D eigenvalue weighted by Gasteiger charge is 2.41. The topological polar surface area (TPSA) is 73.2 Å². The Kier molecular flexibility index (Phi) is 4.58. The van der Waals surface area contributed by atoms with Gasteiger partial charge in [0.2, 0.25) is 5.91 Å². The van der Waals surface area contributed by atoms with E-state index in [2.05, 4.69) is 5.10 Å². The van der Waals surface area contributed by atoms with Crippen LogP contribution in [0.3, 0.4) is 0 Å². The molecular weight excluding hydrogens is 306 g/mol. The second kappa shape index (κ2) is 6.37. The number of carboxylic acid groups (broad SMARTS) is 1. The van der Waals surface area contributed by atoms with E-state index in [1.54, 1.807) is 5.01 Å². The Morgan fingerprint density at radius 2 is 2.08 bits per heavy atom. The molecule has 0 aromatic rings. The largest absolute Gasteiger partial charge is 0.465 e. The highest BCUT2D eigenvalue weighted by molar-refractivity contribution is 6.06. The summed E-state index contributed by atoms with van der Waals surface area (Å²) in [6.45, 7) is 7.40. The van der Waals surface area contributed by atoms with Gasteiger partial charge < -0.3 is 10.0 Å². The number of hydrogen-bond acceptors (Lipinski definition) is 3. The zero-order valence-corrected chi connectivity index (χ0v) is 15.0. The van der Waals surface area contributed by atoms with Crippen molar-refractivity contribution in [1.82, 2.24) is 9.91 Å². The van der Waals surface area contributed by atoms with Crippen LogP contribution in [0.5, 0.6) is 0 Å². The van der Waals surface area contributed by atoms with Crippen LogP contribution in [-0.2, 0) is 4.79 Å². The van der Waals surface area contributed by atoms with Crippen molar-refractivity contribution in [3.8, 4) is 0 Å². The molecule has 1 heterocycles. The van der Waals surface area contributed by atoms with Gasteiger partial charge in [0.25, 0.3) is 0 Å². The minimum Gasteiger partial charge on any atom is -0.465 e. The summed E-state index contributed by atoms with van der Waals surface area (Å²) in [4.78, 5) is 25.1. The summed E-state index contributed by atoms with van der Waals surface area (Å²) in [5.41, 5.74) is 0.555. The van der Waals surface area contributed by atoms with Crippen LogP contribution in [0.25, 0.3) is 0 Å². The molecule has 134 valence electrons. The standard InChI is InChI=1S/C18H29N3O3/c1-18(2,3)11-20(17(23)24)10-15-8-16(22)21(19-15)9-14-7-12-4-5-13(14)6-12/h12-14H,4-11H2,1-3H3,(H,23,24). The Morgan fingerprint density at radius 3 is 2.62 bits per heavy atom. The first kappa shape index (κ1) is 17.2. The lowest BCUT2D eigenvalue weighted by molar-refractivity contribution is -0.129. The lowest BCUT2D eigenvalue weighted by Crippen LogP contribution is -2.40. The average molecular weight is 335 g/mol. The third-order valence-electron chi connectivity index (χ3n) is 5.51. The fourth-order valence-corrected chi connectivity index (χ4v) is 4.56. The Bertz CT molecular complexity index is 552. The van der Waals surface area contributed by atoms with E-state index in [1.807, 2.05) is 20.8 Å². The summed E-state index contributed by atoms with van der Waals surface area (Å²) < 4.78 is 0. The van der Waals surface area contributed by atoms with Crippen LogP contribution in [0.2, 0.25) is 0 Å². The average Bonchev–Trinajstić information content (AvgIpc) is 3.13. The molecule has 2 saturated carbocycles. The molecule has 3 unspecified atom stereocenters. The molecule has 6 nitrogen and oxygen atoms in total. The maximum Gasteiger partial charge on any atom is 0.407 e. The van der Waals surface area contributed by atoms with Crippen LogP contribution in [0.15, 0.2) is 5.10 Å². The summed E-state index contributed by atoms with van der Waals surface area (Å²) in [6.07, 6.45) is 4.50. The van der Waals surface area contributed by atoms with Crippen molar-refractivity contribution in [2.24, 2.45) is 28.3 Å². The zero-order valence-electron chi connectivity index (χ0n) is 15.0. The maximum absolute atomic E-state index is 12.3. The van der Waals surface area contributed by atoms with Gasteiger partial charge in [0.05, 0.1) is 18.7 Å². The first-order valence-electron chi connectivity index (χ1n) is 9.06. The molecule has 1 N–H and O–H groups in total. The van der Waals surface area contributed by atoms with Gasteiger partial charge in [-0.15, -0.1) is 0 Å². The Morgan fingerprint density at radius 1 is 1.33 bits per heavy atom. The van der Waals surface area contributed by atoms with E-state index in [-0.39, 0.29) is 24.3 Å². The van der Waals surface area contributed by atoms with Crippen LogP contribution >= 0.6 is 0 Å². The number of carbonyl (C=O) groups excluding carboxylic acids is 1. The Hall–Kier alpha value is -1.59. The van der Waals surface area contributed by atoms with Crippen LogP contribution in [0, 0.1) is 23.2 Å². The Labute approximate surface area is 143 Å². The third-order valence-corrected chi connectivity index (χ3v) is 5.51. The Balaban J connectivity index is 1.59. The molecule has 24 heavy (non-hydrogen) atoms. The highest BCUT2D eigenvalue weighted by atomic mass is 16.4. The third kappa shape index (κ3) is 3.90. The predicted octanol–water partition coefficient (Wildman–Crippen LogP) is 3.04. The molecule has 3 atom stereocenters. The number of hydrazone groups is 1. The van der Waals surface area contributed by atoms with Gasteiger partial charge in [-0.3, -0.25) is 4.79 Å². The van der Waals surface area contributed by atoms with Gasteiger partial charge in [0, 0.05) is 13.1 Å². The monoisotopic (exact) mass is 335 g/mol. The van der Waals surface area contributed by atoms with Crippen LogP contribution in [0.4, 0.5) is 4.79 Å². The summed E-state index contributed by atoms with van der Waals surface area (Å²) >= 11 is 0. The van der Waals surface area contributed by atoms with E-state index in [1.165, 1.54) is 30.6 Å². The second-order valence-corrected chi connectivity index (χ2v) is 8.95. The van der Waals surface area contributed by atoms with Crippen molar-refractivity contribution < 1.29 is 14.7 Å². The number of fused-ring (bicyclic) bond motifs is 2. The molecule has 2 aliphatic carbocycles. The van der Waals surface area contributed by atoms with Crippen LogP contribution in [-0.4, -0.2) is 52.4 Å². The normalized spacial score (nSPS) is 29.3. The number of nitrogens with zero attached hydrogens (tertiary/aromatic N) is 3. The van der Waals surface area contributed by atoms with Crippen molar-refractivity contribution in [1.29, 1.82) is 0 Å². The fraction of sp³-hybridized carbons (Fsp3) is 0.833. The molecule has 1 aliphatic heterocycles. The summed E-state index contributed by atoms with van der Waals surface area (Å²) in [7, 11) is 0. The van der Waals surface area contributed by atoms with E-state index in [0.717, 1.165) is 18.4 Å². The lowest BCUT2D eigenvalue weighted by atomic mass is 9.89. The molecule has 0 spiro atoms. The van der Waals surface area contributed by atoms with Gasteiger partial charge in [-0.1, -0.05) is 27.2 Å². The van der Waals surface area contributed by atoms with Gasteiger partial charge in [-0.25, -0.2) is 9.80 Å². The molecule has 3 rings (SSSR count). The minimum absolute atomic E-state index is 0.0221. The smallest absolute Gasteiger partial charge is 0.407 e. The first-order chi connectivity index (χ1) is 11.2. The lowest BCUT2D eigenvalue weighted by Gasteiger charge is -2.27. The molecule has 2 bridgehead atoms. The molecule has 0 saturated heterocycles. The minimum atomic E-state index is -0.952. The van der Waals surface area contributed by atoms with Crippen molar-refractivity contribution in [2.45, 2.75) is 52.9 Å². The first-order valence-corrected chi connectivity index (χ1v) is 9.06. The SMILES string of the molecule is CC(C)(C)CN(CC1=NN(CC2CC3CCC2C3)C(=O)C1)C(=O)O. The molecule has 6 heteroatoms. The van der Waals surface area contributed by atoms with Crippen molar-refractivity contribution in [3.05, 3.63) is 0 Å². The molecule has 2 amide bonds. The van der Waals surface area contributed by atoms with Gasteiger partial charge in [-0.05, 0) is 42.4 Å². The van der Waals surface area contributed by atoms with E-state index in [0.29, 0.717) is 18.2 Å². The van der Waals surface area contributed by atoms with Crippen LogP contribution < -0.4 is 0 Å². The zero-order chi connectivity index (χ0) is 17.5. The fourth-order valence-electron chi connectivity index (χ4n) is 4.56.